The molecule has 1 aliphatic rings. The summed E-state index contributed by atoms with van der Waals surface area (Å²) in [5.41, 5.74) is 1.64. The van der Waals surface area contributed by atoms with Gasteiger partial charge in [-0.1, -0.05) is 30.3 Å². The second kappa shape index (κ2) is 10.7. The van der Waals surface area contributed by atoms with Crippen molar-refractivity contribution in [3.63, 3.8) is 0 Å². The fraction of sp³-hybridized carbons (Fsp3) is 0.417. The molecule has 1 N–H and O–H groups in total. The molecule has 2 aromatic rings. The van der Waals surface area contributed by atoms with Crippen molar-refractivity contribution in [3.8, 4) is 6.07 Å². The number of rotatable bonds is 8. The van der Waals surface area contributed by atoms with Gasteiger partial charge in [-0.2, -0.15) is 9.57 Å². The largest absolute Gasteiger partial charge is 0.354 e. The molecule has 0 aromatic heterocycles. The van der Waals surface area contributed by atoms with Crippen LogP contribution in [0.5, 0.6) is 0 Å². The van der Waals surface area contributed by atoms with Crippen LogP contribution in [-0.2, 0) is 21.2 Å². The Morgan fingerprint density at radius 3 is 2.31 bits per heavy atom. The van der Waals surface area contributed by atoms with Gasteiger partial charge >= 0.3 is 0 Å². The average Bonchev–Trinajstić information content (AvgIpc) is 2.82. The molecule has 0 saturated carbocycles. The lowest BCUT2D eigenvalue weighted by atomic mass is 9.97. The first kappa shape index (κ1) is 23.9. The van der Waals surface area contributed by atoms with E-state index in [9.17, 15) is 13.2 Å². The quantitative estimate of drug-likeness (QED) is 0.660. The first-order valence-corrected chi connectivity index (χ1v) is 12.2. The highest BCUT2D eigenvalue weighted by molar-refractivity contribution is 7.89. The van der Waals surface area contributed by atoms with E-state index in [1.165, 1.54) is 34.1 Å². The van der Waals surface area contributed by atoms with Gasteiger partial charge in [0.2, 0.25) is 15.9 Å². The maximum absolute atomic E-state index is 12.9. The van der Waals surface area contributed by atoms with E-state index in [1.54, 1.807) is 0 Å². The van der Waals surface area contributed by atoms with E-state index >= 15 is 0 Å². The van der Waals surface area contributed by atoms with Crippen LogP contribution < -0.4 is 5.32 Å². The Kier molecular flexibility index (Phi) is 8.02. The predicted octanol–water partition coefficient (Wildman–Crippen LogP) is 2.25. The predicted molar refractivity (Wildman–Crippen MR) is 123 cm³/mol. The van der Waals surface area contributed by atoms with Crippen LogP contribution in [0.15, 0.2) is 59.5 Å². The van der Waals surface area contributed by atoms with Crippen molar-refractivity contribution >= 4 is 15.9 Å². The minimum Gasteiger partial charge on any atom is -0.354 e. The van der Waals surface area contributed by atoms with Crippen LogP contribution in [0.1, 0.15) is 24.0 Å². The third-order valence-electron chi connectivity index (χ3n) is 6.00. The summed E-state index contributed by atoms with van der Waals surface area (Å²) in [5, 5.41) is 12.0. The van der Waals surface area contributed by atoms with Crippen LogP contribution in [0.2, 0.25) is 0 Å². The van der Waals surface area contributed by atoms with Crippen molar-refractivity contribution in [1.29, 1.82) is 5.26 Å². The lowest BCUT2D eigenvalue weighted by molar-refractivity contribution is -0.126. The fourth-order valence-corrected chi connectivity index (χ4v) is 5.36. The molecule has 1 fully saturated rings. The number of nitriles is 1. The van der Waals surface area contributed by atoms with Crippen molar-refractivity contribution in [2.24, 2.45) is 5.92 Å². The Balaban J connectivity index is 1.52. The standard InChI is InChI=1S/C24H30N4O3S/c1-27(2)22(16-19-6-4-3-5-7-19)18-26-24(29)21-12-14-28(15-13-21)32(30,31)23-10-8-20(17-25)9-11-23/h3-11,21-22H,12-16,18H2,1-2H3,(H,26,29). The van der Waals surface area contributed by atoms with Crippen LogP contribution in [0, 0.1) is 17.2 Å². The molecule has 1 atom stereocenters. The highest BCUT2D eigenvalue weighted by Gasteiger charge is 2.32. The van der Waals surface area contributed by atoms with Crippen LogP contribution in [0.4, 0.5) is 0 Å². The van der Waals surface area contributed by atoms with Gasteiger partial charge in [-0.3, -0.25) is 4.79 Å². The lowest BCUT2D eigenvalue weighted by Crippen LogP contribution is -2.46. The Bertz CT molecular complexity index is 1040. The fourth-order valence-electron chi connectivity index (χ4n) is 3.90. The summed E-state index contributed by atoms with van der Waals surface area (Å²) < 4.78 is 27.2. The number of piperidine rings is 1. The number of nitrogens with one attached hydrogen (secondary N) is 1. The molecule has 7 nitrogen and oxygen atoms in total. The zero-order chi connectivity index (χ0) is 23.1. The number of carbonyl (C=O) groups is 1. The summed E-state index contributed by atoms with van der Waals surface area (Å²) in [7, 11) is 0.390. The molecule has 0 spiro atoms. The Morgan fingerprint density at radius 1 is 1.12 bits per heavy atom. The number of carbonyl (C=O) groups excluding carboxylic acids is 1. The average molecular weight is 455 g/mol. The Hall–Kier alpha value is -2.73. The third-order valence-corrected chi connectivity index (χ3v) is 7.92. The molecule has 32 heavy (non-hydrogen) atoms. The molecule has 0 aliphatic carbocycles. The molecule has 3 rings (SSSR count). The first-order chi connectivity index (χ1) is 15.3. The van der Waals surface area contributed by atoms with Crippen LogP contribution in [0.3, 0.4) is 0 Å². The molecule has 1 unspecified atom stereocenters. The van der Waals surface area contributed by atoms with Crippen LogP contribution in [-0.4, -0.2) is 63.3 Å². The number of hydrogen-bond donors (Lipinski definition) is 1. The van der Waals surface area contributed by atoms with Gasteiger partial charge < -0.3 is 10.2 Å². The summed E-state index contributed by atoms with van der Waals surface area (Å²) in [6.45, 7) is 1.16. The van der Waals surface area contributed by atoms with E-state index in [0.717, 1.165) is 6.42 Å². The number of amides is 1. The SMILES string of the molecule is CN(C)C(CNC(=O)C1CCN(S(=O)(=O)c2ccc(C#N)cc2)CC1)Cc1ccccc1. The number of nitrogens with zero attached hydrogens (tertiary/aromatic N) is 3. The summed E-state index contributed by atoms with van der Waals surface area (Å²) in [6, 6.07) is 18.3. The maximum atomic E-state index is 12.9. The van der Waals surface area contributed by atoms with E-state index in [-0.39, 0.29) is 22.8 Å². The molecule has 1 amide bonds. The topological polar surface area (TPSA) is 93.5 Å². The minimum atomic E-state index is -3.62. The molecular weight excluding hydrogens is 424 g/mol. The summed E-state index contributed by atoms with van der Waals surface area (Å²) >= 11 is 0. The van der Waals surface area contributed by atoms with Crippen LogP contribution >= 0.6 is 0 Å². The van der Waals surface area contributed by atoms with Crippen molar-refractivity contribution in [2.45, 2.75) is 30.2 Å². The monoisotopic (exact) mass is 454 g/mol. The Morgan fingerprint density at radius 2 is 1.75 bits per heavy atom. The van der Waals surface area contributed by atoms with Gasteiger partial charge in [0.25, 0.3) is 0 Å². The van der Waals surface area contributed by atoms with Gasteiger partial charge in [-0.05, 0) is 63.2 Å². The summed E-state index contributed by atoms with van der Waals surface area (Å²) in [4.78, 5) is 15.0. The summed E-state index contributed by atoms with van der Waals surface area (Å²) in [6.07, 6.45) is 1.83. The summed E-state index contributed by atoms with van der Waals surface area (Å²) in [5.74, 6) is -0.206. The van der Waals surface area contributed by atoms with E-state index < -0.39 is 10.0 Å². The zero-order valence-electron chi connectivity index (χ0n) is 18.6. The molecule has 8 heteroatoms. The smallest absolute Gasteiger partial charge is 0.243 e. The molecule has 0 radical (unpaired) electrons. The third kappa shape index (κ3) is 5.94. The maximum Gasteiger partial charge on any atom is 0.243 e. The van der Waals surface area contributed by atoms with Crippen molar-refractivity contribution in [2.75, 3.05) is 33.7 Å². The minimum absolute atomic E-state index is 0.0136. The van der Waals surface area contributed by atoms with Gasteiger partial charge in [0.1, 0.15) is 0 Å². The van der Waals surface area contributed by atoms with E-state index in [1.807, 2.05) is 38.4 Å². The van der Waals surface area contributed by atoms with E-state index in [0.29, 0.717) is 38.0 Å². The zero-order valence-corrected chi connectivity index (χ0v) is 19.4. The molecule has 170 valence electrons. The number of hydrogen-bond acceptors (Lipinski definition) is 5. The van der Waals surface area contributed by atoms with Gasteiger partial charge in [0, 0.05) is 31.6 Å². The van der Waals surface area contributed by atoms with Crippen molar-refractivity contribution in [3.05, 3.63) is 65.7 Å². The highest BCUT2D eigenvalue weighted by atomic mass is 32.2. The molecule has 1 saturated heterocycles. The van der Waals surface area contributed by atoms with Crippen LogP contribution in [0.25, 0.3) is 0 Å². The van der Waals surface area contributed by atoms with Crippen molar-refractivity contribution < 1.29 is 13.2 Å². The van der Waals surface area contributed by atoms with Crippen molar-refractivity contribution in [1.82, 2.24) is 14.5 Å². The van der Waals surface area contributed by atoms with E-state index in [2.05, 4.69) is 22.3 Å². The lowest BCUT2D eigenvalue weighted by Gasteiger charge is -2.31. The number of sulfonamides is 1. The molecule has 0 bridgehead atoms. The normalized spacial score (nSPS) is 16.4. The van der Waals surface area contributed by atoms with Gasteiger partial charge in [0.15, 0.2) is 0 Å². The second-order valence-electron chi connectivity index (χ2n) is 8.37. The molecule has 2 aromatic carbocycles. The molecule has 1 aliphatic heterocycles. The second-order valence-corrected chi connectivity index (χ2v) is 10.3. The van der Waals surface area contributed by atoms with Gasteiger partial charge in [-0.25, -0.2) is 8.42 Å². The highest BCUT2D eigenvalue weighted by Crippen LogP contribution is 2.24. The van der Waals surface area contributed by atoms with Gasteiger partial charge in [0.05, 0.1) is 16.5 Å². The number of likely N-dealkylation sites (N-methyl/N-ethyl adjacent to an activating group) is 1. The Labute approximate surface area is 190 Å². The number of benzene rings is 2. The first-order valence-electron chi connectivity index (χ1n) is 10.8. The molecule has 1 heterocycles. The molecular formula is C24H30N4O3S. The van der Waals surface area contributed by atoms with E-state index in [4.69, 9.17) is 5.26 Å². The van der Waals surface area contributed by atoms with Gasteiger partial charge in [-0.15, -0.1) is 0 Å².